The highest BCUT2D eigenvalue weighted by molar-refractivity contribution is 5.84. The molecule has 4 unspecified atom stereocenters. The van der Waals surface area contributed by atoms with Gasteiger partial charge in [-0.2, -0.15) is 0 Å². The van der Waals surface area contributed by atoms with Gasteiger partial charge in [0.15, 0.2) is 0 Å². The molecule has 0 aromatic heterocycles. The van der Waals surface area contributed by atoms with Crippen LogP contribution in [0.25, 0.3) is 0 Å². The summed E-state index contributed by atoms with van der Waals surface area (Å²) in [6.45, 7) is 9.40. The minimum absolute atomic E-state index is 0.0156. The second-order valence-corrected chi connectivity index (χ2v) is 6.38. The summed E-state index contributed by atoms with van der Waals surface area (Å²) in [6, 6.07) is 0.367. The molecule has 2 heterocycles. The van der Waals surface area contributed by atoms with Crippen molar-refractivity contribution in [2.75, 3.05) is 6.61 Å². The first-order chi connectivity index (χ1) is 9.02. The molecule has 4 atom stereocenters. The highest BCUT2D eigenvalue weighted by Gasteiger charge is 2.42. The smallest absolute Gasteiger partial charge is 0.241 e. The number of nitrogens with zero attached hydrogens (tertiary/aromatic N) is 1. The summed E-state index contributed by atoms with van der Waals surface area (Å²) in [6.07, 6.45) is 4.34. The number of rotatable bonds is 4. The third-order valence-electron chi connectivity index (χ3n) is 4.24. The van der Waals surface area contributed by atoms with Gasteiger partial charge in [-0.05, 0) is 38.5 Å². The molecule has 0 bridgehead atoms. The van der Waals surface area contributed by atoms with E-state index in [1.165, 1.54) is 0 Å². The Hall–Kier alpha value is -0.610. The molecule has 1 N–H and O–H groups in total. The van der Waals surface area contributed by atoms with Crippen LogP contribution >= 0.6 is 0 Å². The van der Waals surface area contributed by atoms with E-state index in [9.17, 15) is 4.79 Å². The van der Waals surface area contributed by atoms with Gasteiger partial charge < -0.3 is 9.64 Å². The minimum Gasteiger partial charge on any atom is -0.378 e. The molecule has 0 spiro atoms. The van der Waals surface area contributed by atoms with Gasteiger partial charge in [0, 0.05) is 12.6 Å². The van der Waals surface area contributed by atoms with E-state index in [2.05, 4.69) is 37.9 Å². The van der Waals surface area contributed by atoms with Crippen LogP contribution in [0.4, 0.5) is 0 Å². The number of hydrogen-bond donors (Lipinski definition) is 1. The van der Waals surface area contributed by atoms with Gasteiger partial charge in [0.05, 0.1) is 18.3 Å². The van der Waals surface area contributed by atoms with E-state index in [0.717, 1.165) is 32.3 Å². The lowest BCUT2D eigenvalue weighted by atomic mass is 10.00. The quantitative estimate of drug-likeness (QED) is 0.849. The Morgan fingerprint density at radius 3 is 2.79 bits per heavy atom. The van der Waals surface area contributed by atoms with Crippen LogP contribution in [-0.4, -0.2) is 41.8 Å². The van der Waals surface area contributed by atoms with E-state index >= 15 is 0 Å². The molecule has 0 saturated carbocycles. The lowest BCUT2D eigenvalue weighted by Gasteiger charge is -2.37. The first-order valence-corrected chi connectivity index (χ1v) is 7.72. The monoisotopic (exact) mass is 268 g/mol. The molecule has 19 heavy (non-hydrogen) atoms. The maximum Gasteiger partial charge on any atom is 0.241 e. The normalized spacial score (nSPS) is 36.3. The maximum absolute atomic E-state index is 12.6. The molecule has 0 radical (unpaired) electrons. The molecular weight excluding hydrogens is 240 g/mol. The summed E-state index contributed by atoms with van der Waals surface area (Å²) < 4.78 is 5.61. The van der Waals surface area contributed by atoms with E-state index in [1.54, 1.807) is 0 Å². The molecule has 1 amide bonds. The number of hydrogen-bond acceptors (Lipinski definition) is 3. The van der Waals surface area contributed by atoms with Gasteiger partial charge in [0.2, 0.25) is 5.91 Å². The third kappa shape index (κ3) is 3.29. The zero-order valence-electron chi connectivity index (χ0n) is 12.7. The Morgan fingerprint density at radius 1 is 1.47 bits per heavy atom. The lowest BCUT2D eigenvalue weighted by molar-refractivity contribution is -0.135. The summed E-state index contributed by atoms with van der Waals surface area (Å²) in [5.74, 6) is 0.896. The largest absolute Gasteiger partial charge is 0.378 e. The molecule has 2 saturated heterocycles. The molecule has 2 fully saturated rings. The van der Waals surface area contributed by atoms with E-state index in [-0.39, 0.29) is 18.3 Å². The molecule has 0 aromatic carbocycles. The number of ether oxygens (including phenoxy) is 1. The topological polar surface area (TPSA) is 41.6 Å². The summed E-state index contributed by atoms with van der Waals surface area (Å²) in [5.41, 5.74) is 0. The molecule has 2 aliphatic heterocycles. The van der Waals surface area contributed by atoms with Crippen LogP contribution in [0.2, 0.25) is 0 Å². The van der Waals surface area contributed by atoms with Crippen LogP contribution in [0, 0.1) is 5.92 Å². The second-order valence-electron chi connectivity index (χ2n) is 6.38. The maximum atomic E-state index is 12.6. The predicted molar refractivity (Wildman–Crippen MR) is 75.7 cm³/mol. The summed E-state index contributed by atoms with van der Waals surface area (Å²) in [7, 11) is 0. The first kappa shape index (κ1) is 14.8. The number of carbonyl (C=O) groups is 1. The van der Waals surface area contributed by atoms with Crippen LogP contribution < -0.4 is 5.32 Å². The molecule has 2 rings (SSSR count). The van der Waals surface area contributed by atoms with Gasteiger partial charge in [-0.3, -0.25) is 10.1 Å². The van der Waals surface area contributed by atoms with Crippen LogP contribution in [-0.2, 0) is 9.53 Å². The molecule has 4 heteroatoms. The highest BCUT2D eigenvalue weighted by atomic mass is 16.5. The van der Waals surface area contributed by atoms with Crippen molar-refractivity contribution in [2.45, 2.75) is 77.7 Å². The molecule has 0 aromatic rings. The van der Waals surface area contributed by atoms with Crippen molar-refractivity contribution in [3.63, 3.8) is 0 Å². The zero-order valence-corrected chi connectivity index (χ0v) is 12.7. The van der Waals surface area contributed by atoms with Crippen LogP contribution in [0.1, 0.15) is 53.4 Å². The lowest BCUT2D eigenvalue weighted by Crippen LogP contribution is -2.48. The van der Waals surface area contributed by atoms with E-state index in [4.69, 9.17) is 4.74 Å². The van der Waals surface area contributed by atoms with Crippen molar-refractivity contribution in [2.24, 2.45) is 5.92 Å². The van der Waals surface area contributed by atoms with Gasteiger partial charge in [-0.25, -0.2) is 0 Å². The van der Waals surface area contributed by atoms with Gasteiger partial charge in [-0.15, -0.1) is 0 Å². The van der Waals surface area contributed by atoms with E-state index in [0.29, 0.717) is 17.9 Å². The average Bonchev–Trinajstić information content (AvgIpc) is 2.64. The van der Waals surface area contributed by atoms with Crippen molar-refractivity contribution in [1.29, 1.82) is 0 Å². The fourth-order valence-electron chi connectivity index (χ4n) is 3.30. The van der Waals surface area contributed by atoms with Gasteiger partial charge >= 0.3 is 0 Å². The Kier molecular flexibility index (Phi) is 4.85. The van der Waals surface area contributed by atoms with Crippen molar-refractivity contribution in [1.82, 2.24) is 10.2 Å². The van der Waals surface area contributed by atoms with Crippen molar-refractivity contribution >= 4 is 5.91 Å². The fourth-order valence-corrected chi connectivity index (χ4v) is 3.30. The van der Waals surface area contributed by atoms with Crippen molar-refractivity contribution < 1.29 is 9.53 Å². The molecule has 0 aliphatic carbocycles. The van der Waals surface area contributed by atoms with E-state index < -0.39 is 0 Å². The first-order valence-electron chi connectivity index (χ1n) is 7.72. The summed E-state index contributed by atoms with van der Waals surface area (Å²) >= 11 is 0. The second kappa shape index (κ2) is 6.23. The van der Waals surface area contributed by atoms with Crippen LogP contribution in [0.15, 0.2) is 0 Å². The zero-order chi connectivity index (χ0) is 14.0. The number of nitrogens with one attached hydrogen (secondary N) is 1. The summed E-state index contributed by atoms with van der Waals surface area (Å²) in [5, 5.41) is 3.52. The molecule has 110 valence electrons. The van der Waals surface area contributed by atoms with Crippen LogP contribution in [0.5, 0.6) is 0 Å². The SMILES string of the molecule is CCC1NC(CC(C)C)N(C2CCOC(C)C2)C1=O. The Bertz CT molecular complexity index is 319. The van der Waals surface area contributed by atoms with Gasteiger partial charge in [0.25, 0.3) is 0 Å². The van der Waals surface area contributed by atoms with Gasteiger partial charge in [-0.1, -0.05) is 20.8 Å². The predicted octanol–water partition coefficient (Wildman–Crippen LogP) is 2.14. The third-order valence-corrected chi connectivity index (χ3v) is 4.24. The Morgan fingerprint density at radius 2 is 2.21 bits per heavy atom. The Labute approximate surface area is 116 Å². The number of carbonyl (C=O) groups excluding carboxylic acids is 1. The van der Waals surface area contributed by atoms with Gasteiger partial charge in [0.1, 0.15) is 0 Å². The van der Waals surface area contributed by atoms with Crippen molar-refractivity contribution in [3.05, 3.63) is 0 Å². The molecule has 2 aliphatic rings. The Balaban J connectivity index is 2.10. The van der Waals surface area contributed by atoms with Crippen molar-refractivity contribution in [3.8, 4) is 0 Å². The average molecular weight is 268 g/mol. The fraction of sp³-hybridized carbons (Fsp3) is 0.933. The van der Waals surface area contributed by atoms with Crippen LogP contribution in [0.3, 0.4) is 0 Å². The number of amides is 1. The molecule has 4 nitrogen and oxygen atoms in total. The molecular formula is C15H28N2O2. The minimum atomic E-state index is 0.0156. The summed E-state index contributed by atoms with van der Waals surface area (Å²) in [4.78, 5) is 14.7. The van der Waals surface area contributed by atoms with E-state index in [1.807, 2.05) is 0 Å². The standard InChI is InChI=1S/C15H28N2O2/c1-5-13-15(18)17(14(16-13)8-10(2)3)12-6-7-19-11(4)9-12/h10-14,16H,5-9H2,1-4H3. The highest BCUT2D eigenvalue weighted by Crippen LogP contribution is 2.27.